The maximum Gasteiger partial charge on any atom is 0.224 e. The topological polar surface area (TPSA) is 70.0 Å². The van der Waals surface area contributed by atoms with Gasteiger partial charge >= 0.3 is 0 Å². The Morgan fingerprint density at radius 3 is 2.70 bits per heavy atom. The summed E-state index contributed by atoms with van der Waals surface area (Å²) in [7, 11) is -0.964. The first kappa shape index (κ1) is 17.4. The lowest BCUT2D eigenvalue weighted by molar-refractivity contribution is -0.126. The summed E-state index contributed by atoms with van der Waals surface area (Å²) in [5.41, 5.74) is 1.04. The van der Waals surface area contributed by atoms with Crippen LogP contribution in [0.25, 0.3) is 6.08 Å². The van der Waals surface area contributed by atoms with Gasteiger partial charge < -0.3 is 5.32 Å². The minimum Gasteiger partial charge on any atom is -0.343 e. The van der Waals surface area contributed by atoms with Gasteiger partial charge in [0.25, 0.3) is 0 Å². The van der Waals surface area contributed by atoms with Gasteiger partial charge in [0, 0.05) is 27.9 Å². The summed E-state index contributed by atoms with van der Waals surface area (Å²) in [6.07, 6.45) is 9.86. The van der Waals surface area contributed by atoms with E-state index in [4.69, 9.17) is 5.26 Å². The molecule has 1 aromatic rings. The second kappa shape index (κ2) is 8.64. The van der Waals surface area contributed by atoms with Gasteiger partial charge in [-0.25, -0.2) is 0 Å². The Labute approximate surface area is 140 Å². The van der Waals surface area contributed by atoms with E-state index in [0.29, 0.717) is 0 Å². The molecule has 0 heterocycles. The Balaban J connectivity index is 2.04. The third-order valence-electron chi connectivity index (χ3n) is 4.25. The van der Waals surface area contributed by atoms with Crippen LogP contribution in [0.2, 0.25) is 0 Å². The summed E-state index contributed by atoms with van der Waals surface area (Å²) in [6, 6.07) is 9.58. The number of carbonyl (C=O) groups excluding carboxylic acids is 1. The maximum absolute atomic E-state index is 12.2. The molecular formula is C18H22N2O2S. The molecule has 0 aromatic heterocycles. The molecule has 5 heteroatoms. The Hall–Kier alpha value is -1.93. The van der Waals surface area contributed by atoms with Crippen molar-refractivity contribution < 1.29 is 9.00 Å². The van der Waals surface area contributed by atoms with Crippen molar-refractivity contribution in [3.63, 3.8) is 0 Å². The zero-order valence-corrected chi connectivity index (χ0v) is 14.1. The zero-order valence-electron chi connectivity index (χ0n) is 13.3. The number of nitriles is 1. The van der Waals surface area contributed by atoms with Crippen molar-refractivity contribution >= 4 is 22.8 Å². The van der Waals surface area contributed by atoms with Crippen LogP contribution in [0.4, 0.5) is 0 Å². The van der Waals surface area contributed by atoms with Crippen LogP contribution in [0.1, 0.15) is 31.2 Å². The fourth-order valence-electron chi connectivity index (χ4n) is 2.98. The van der Waals surface area contributed by atoms with Crippen LogP contribution < -0.4 is 5.32 Å². The number of benzene rings is 1. The van der Waals surface area contributed by atoms with Crippen molar-refractivity contribution in [2.45, 2.75) is 30.6 Å². The first-order chi connectivity index (χ1) is 11.1. The van der Waals surface area contributed by atoms with Crippen LogP contribution in [0, 0.1) is 23.2 Å². The molecule has 23 heavy (non-hydrogen) atoms. The summed E-state index contributed by atoms with van der Waals surface area (Å²) in [6.45, 7) is 0.0708. The SMILES string of the molecule is CS(=O)c1ccc(/C=C\C2CCCCC2C(=O)NCC#N)cc1. The van der Waals surface area contributed by atoms with E-state index in [1.165, 1.54) is 0 Å². The number of nitrogens with one attached hydrogen (secondary N) is 1. The van der Waals surface area contributed by atoms with Gasteiger partial charge in [-0.15, -0.1) is 0 Å². The lowest BCUT2D eigenvalue weighted by atomic mass is 9.78. The Morgan fingerprint density at radius 2 is 2.04 bits per heavy atom. The van der Waals surface area contributed by atoms with Crippen LogP contribution in [-0.4, -0.2) is 22.9 Å². The van der Waals surface area contributed by atoms with Crippen molar-refractivity contribution in [3.8, 4) is 6.07 Å². The number of hydrogen-bond donors (Lipinski definition) is 1. The Morgan fingerprint density at radius 1 is 1.35 bits per heavy atom. The van der Waals surface area contributed by atoms with Crippen LogP contribution in [0.5, 0.6) is 0 Å². The molecule has 1 fully saturated rings. The molecule has 1 aliphatic rings. The number of hydrogen-bond acceptors (Lipinski definition) is 3. The summed E-state index contributed by atoms with van der Waals surface area (Å²) in [5, 5.41) is 11.3. The lowest BCUT2D eigenvalue weighted by Crippen LogP contribution is -2.36. The smallest absolute Gasteiger partial charge is 0.224 e. The number of nitrogens with zero attached hydrogens (tertiary/aromatic N) is 1. The van der Waals surface area contributed by atoms with E-state index >= 15 is 0 Å². The predicted molar refractivity (Wildman–Crippen MR) is 91.9 cm³/mol. The van der Waals surface area contributed by atoms with Crippen LogP contribution in [0.15, 0.2) is 35.2 Å². The van der Waals surface area contributed by atoms with Gasteiger partial charge in [0.1, 0.15) is 6.54 Å². The van der Waals surface area contributed by atoms with Gasteiger partial charge in [0.05, 0.1) is 6.07 Å². The highest BCUT2D eigenvalue weighted by Gasteiger charge is 2.28. The standard InChI is InChI=1S/C18H22N2O2S/c1-23(22)16-10-7-14(8-11-16)6-9-15-4-2-3-5-17(15)18(21)20-13-12-19/h6-11,15,17H,2-5,13H2,1H3,(H,20,21)/b9-6-. The lowest BCUT2D eigenvalue weighted by Gasteiger charge is -2.28. The number of rotatable bonds is 5. The average molecular weight is 330 g/mol. The van der Waals surface area contributed by atoms with Gasteiger partial charge in [0.2, 0.25) is 5.91 Å². The van der Waals surface area contributed by atoms with Crippen LogP contribution >= 0.6 is 0 Å². The fourth-order valence-corrected chi connectivity index (χ4v) is 3.50. The van der Waals surface area contributed by atoms with Crippen LogP contribution in [0.3, 0.4) is 0 Å². The first-order valence-corrected chi connectivity index (χ1v) is 9.44. The second-order valence-corrected chi connectivity index (χ2v) is 7.19. The van der Waals surface area contributed by atoms with Gasteiger partial charge in [-0.3, -0.25) is 9.00 Å². The Bertz CT molecular complexity index is 631. The van der Waals surface area contributed by atoms with Crippen molar-refractivity contribution in [2.75, 3.05) is 12.8 Å². The molecule has 0 spiro atoms. The van der Waals surface area contributed by atoms with Crippen molar-refractivity contribution in [1.29, 1.82) is 5.26 Å². The summed E-state index contributed by atoms with van der Waals surface area (Å²) < 4.78 is 11.4. The number of amides is 1. The monoisotopic (exact) mass is 330 g/mol. The van der Waals surface area contributed by atoms with Crippen molar-refractivity contribution in [3.05, 3.63) is 35.9 Å². The van der Waals surface area contributed by atoms with E-state index in [-0.39, 0.29) is 24.3 Å². The molecule has 1 saturated carbocycles. The largest absolute Gasteiger partial charge is 0.343 e. The Kier molecular flexibility index (Phi) is 6.54. The van der Waals surface area contributed by atoms with E-state index in [0.717, 1.165) is 36.1 Å². The van der Waals surface area contributed by atoms with Crippen LogP contribution in [-0.2, 0) is 15.6 Å². The van der Waals surface area contributed by atoms with Crippen molar-refractivity contribution in [1.82, 2.24) is 5.32 Å². The molecule has 2 rings (SSSR count). The molecule has 1 amide bonds. The highest BCUT2D eigenvalue weighted by Crippen LogP contribution is 2.31. The van der Waals surface area contributed by atoms with Gasteiger partial charge in [-0.2, -0.15) is 5.26 Å². The molecule has 0 radical (unpaired) electrons. The molecule has 122 valence electrons. The quantitative estimate of drug-likeness (QED) is 0.844. The molecule has 3 unspecified atom stereocenters. The summed E-state index contributed by atoms with van der Waals surface area (Å²) in [4.78, 5) is 13.0. The molecule has 3 atom stereocenters. The summed E-state index contributed by atoms with van der Waals surface area (Å²) in [5.74, 6) is 0.149. The van der Waals surface area contributed by atoms with Gasteiger partial charge in [-0.05, 0) is 36.5 Å². The zero-order chi connectivity index (χ0) is 16.7. The highest BCUT2D eigenvalue weighted by atomic mass is 32.2. The molecule has 0 bridgehead atoms. The van der Waals surface area contributed by atoms with Crippen molar-refractivity contribution in [2.24, 2.45) is 11.8 Å². The third kappa shape index (κ3) is 5.04. The minimum atomic E-state index is -0.964. The maximum atomic E-state index is 12.2. The molecule has 0 saturated heterocycles. The summed E-state index contributed by atoms with van der Waals surface area (Å²) >= 11 is 0. The number of carbonyl (C=O) groups is 1. The van der Waals surface area contributed by atoms with E-state index < -0.39 is 10.8 Å². The molecule has 0 aliphatic heterocycles. The van der Waals surface area contributed by atoms with E-state index in [2.05, 4.69) is 11.4 Å². The predicted octanol–water partition coefficient (Wildman–Crippen LogP) is 2.88. The van der Waals surface area contributed by atoms with Gasteiger partial charge in [-0.1, -0.05) is 37.1 Å². The first-order valence-electron chi connectivity index (χ1n) is 7.88. The molecule has 4 nitrogen and oxygen atoms in total. The van der Waals surface area contributed by atoms with E-state index in [1.807, 2.05) is 36.4 Å². The van der Waals surface area contributed by atoms with E-state index in [1.54, 1.807) is 6.26 Å². The molecular weight excluding hydrogens is 308 g/mol. The van der Waals surface area contributed by atoms with E-state index in [9.17, 15) is 9.00 Å². The minimum absolute atomic E-state index is 0.0161. The molecule has 1 N–H and O–H groups in total. The number of allylic oxidation sites excluding steroid dienone is 1. The fraction of sp³-hybridized carbons (Fsp3) is 0.444. The van der Waals surface area contributed by atoms with Gasteiger partial charge in [0.15, 0.2) is 0 Å². The molecule has 1 aliphatic carbocycles. The third-order valence-corrected chi connectivity index (χ3v) is 5.18. The second-order valence-electron chi connectivity index (χ2n) is 5.81. The average Bonchev–Trinajstić information content (AvgIpc) is 2.58. The normalized spacial score (nSPS) is 22.4. The highest BCUT2D eigenvalue weighted by molar-refractivity contribution is 7.84. The molecule has 1 aromatic carbocycles.